The first-order valence-electron chi connectivity index (χ1n) is 6.41. The summed E-state index contributed by atoms with van der Waals surface area (Å²) in [5.74, 6) is -0.144. The highest BCUT2D eigenvalue weighted by atomic mass is 16.5. The van der Waals surface area contributed by atoms with Crippen LogP contribution >= 0.6 is 0 Å². The number of benzene rings is 1. The van der Waals surface area contributed by atoms with E-state index in [-0.39, 0.29) is 6.42 Å². The van der Waals surface area contributed by atoms with E-state index in [0.29, 0.717) is 18.4 Å². The summed E-state index contributed by atoms with van der Waals surface area (Å²) in [6.45, 7) is 1.65. The van der Waals surface area contributed by atoms with Gasteiger partial charge in [-0.15, -0.1) is 0 Å². The number of ether oxygens (including phenoxy) is 1. The Kier molecular flexibility index (Phi) is 4.59. The molecule has 0 radical (unpaired) electrons. The Morgan fingerprint density at radius 3 is 2.94 bits per heavy atom. The van der Waals surface area contributed by atoms with E-state index < -0.39 is 5.97 Å². The fourth-order valence-electron chi connectivity index (χ4n) is 2.21. The maximum atomic E-state index is 10.8. The van der Waals surface area contributed by atoms with Crippen LogP contribution in [-0.2, 0) is 11.2 Å². The minimum absolute atomic E-state index is 0.00820. The summed E-state index contributed by atoms with van der Waals surface area (Å²) >= 11 is 0. The van der Waals surface area contributed by atoms with Gasteiger partial charge in [0.1, 0.15) is 12.4 Å². The standard InChI is InChI=1S/C14H19NO3/c16-14(17)9-11-5-1-2-7-13(11)18-10-12-6-3-4-8-15-12/h1-2,5,7,12,15H,3-4,6,8-10H2,(H,16,17). The molecule has 0 bridgehead atoms. The second kappa shape index (κ2) is 6.40. The maximum Gasteiger partial charge on any atom is 0.307 e. The van der Waals surface area contributed by atoms with Crippen molar-refractivity contribution in [3.63, 3.8) is 0 Å². The lowest BCUT2D eigenvalue weighted by molar-refractivity contribution is -0.136. The van der Waals surface area contributed by atoms with E-state index in [1.54, 1.807) is 6.07 Å². The number of nitrogens with one attached hydrogen (secondary N) is 1. The van der Waals surface area contributed by atoms with E-state index >= 15 is 0 Å². The molecular formula is C14H19NO3. The van der Waals surface area contributed by atoms with Crippen LogP contribution in [0.4, 0.5) is 0 Å². The lowest BCUT2D eigenvalue weighted by atomic mass is 10.1. The van der Waals surface area contributed by atoms with E-state index in [2.05, 4.69) is 5.32 Å². The van der Waals surface area contributed by atoms with E-state index in [1.807, 2.05) is 18.2 Å². The second-order valence-electron chi connectivity index (χ2n) is 4.64. The number of para-hydroxylation sites is 1. The fraction of sp³-hybridized carbons (Fsp3) is 0.500. The third-order valence-electron chi connectivity index (χ3n) is 3.17. The third-order valence-corrected chi connectivity index (χ3v) is 3.17. The molecule has 1 aromatic carbocycles. The van der Waals surface area contributed by atoms with Gasteiger partial charge >= 0.3 is 5.97 Å². The van der Waals surface area contributed by atoms with Crippen LogP contribution in [0.25, 0.3) is 0 Å². The lowest BCUT2D eigenvalue weighted by Crippen LogP contribution is -2.38. The molecular weight excluding hydrogens is 230 g/mol. The first kappa shape index (κ1) is 12.9. The first-order chi connectivity index (χ1) is 8.75. The Balaban J connectivity index is 1.93. The van der Waals surface area contributed by atoms with Gasteiger partial charge in [-0.25, -0.2) is 0 Å². The molecule has 18 heavy (non-hydrogen) atoms. The molecule has 2 N–H and O–H groups in total. The number of rotatable bonds is 5. The molecule has 1 heterocycles. The predicted octanol–water partition coefficient (Wildman–Crippen LogP) is 1.83. The SMILES string of the molecule is O=C(O)Cc1ccccc1OCC1CCCCN1. The Morgan fingerprint density at radius 2 is 2.22 bits per heavy atom. The summed E-state index contributed by atoms with van der Waals surface area (Å²) in [6, 6.07) is 7.73. The van der Waals surface area contributed by atoms with Gasteiger partial charge < -0.3 is 15.2 Å². The quantitative estimate of drug-likeness (QED) is 0.836. The van der Waals surface area contributed by atoms with Gasteiger partial charge in [0.15, 0.2) is 0 Å². The van der Waals surface area contributed by atoms with Gasteiger partial charge in [-0.3, -0.25) is 4.79 Å². The number of carboxylic acid groups (broad SMARTS) is 1. The van der Waals surface area contributed by atoms with Crippen molar-refractivity contribution in [3.05, 3.63) is 29.8 Å². The Labute approximate surface area is 107 Å². The molecule has 4 heteroatoms. The molecule has 0 aromatic heterocycles. The minimum atomic E-state index is -0.832. The number of hydrogen-bond acceptors (Lipinski definition) is 3. The molecule has 2 rings (SSSR count). The molecule has 0 aliphatic carbocycles. The topological polar surface area (TPSA) is 58.6 Å². The molecule has 4 nitrogen and oxygen atoms in total. The van der Waals surface area contributed by atoms with Crippen molar-refractivity contribution >= 4 is 5.97 Å². The Morgan fingerprint density at radius 1 is 1.39 bits per heavy atom. The molecule has 1 fully saturated rings. The van der Waals surface area contributed by atoms with Gasteiger partial charge in [-0.2, -0.15) is 0 Å². The normalized spacial score (nSPS) is 19.4. The second-order valence-corrected chi connectivity index (χ2v) is 4.64. The number of hydrogen-bond donors (Lipinski definition) is 2. The zero-order valence-corrected chi connectivity index (χ0v) is 10.4. The van der Waals surface area contributed by atoms with Gasteiger partial charge in [-0.05, 0) is 25.5 Å². The largest absolute Gasteiger partial charge is 0.492 e. The molecule has 1 aliphatic heterocycles. The first-order valence-corrected chi connectivity index (χ1v) is 6.41. The van der Waals surface area contributed by atoms with Crippen molar-refractivity contribution in [2.45, 2.75) is 31.7 Å². The van der Waals surface area contributed by atoms with Gasteiger partial charge in [0.2, 0.25) is 0 Å². The highest BCUT2D eigenvalue weighted by Crippen LogP contribution is 2.19. The van der Waals surface area contributed by atoms with Gasteiger partial charge in [0.25, 0.3) is 0 Å². The lowest BCUT2D eigenvalue weighted by Gasteiger charge is -2.24. The number of piperidine rings is 1. The van der Waals surface area contributed by atoms with Crippen molar-refractivity contribution in [1.82, 2.24) is 5.32 Å². The number of carbonyl (C=O) groups is 1. The monoisotopic (exact) mass is 249 g/mol. The molecule has 1 unspecified atom stereocenters. The van der Waals surface area contributed by atoms with Crippen LogP contribution in [0.5, 0.6) is 5.75 Å². The average Bonchev–Trinajstić information content (AvgIpc) is 2.38. The van der Waals surface area contributed by atoms with Gasteiger partial charge in [0, 0.05) is 11.6 Å². The van der Waals surface area contributed by atoms with Gasteiger partial charge in [0.05, 0.1) is 6.42 Å². The van der Waals surface area contributed by atoms with E-state index in [0.717, 1.165) is 18.5 Å². The van der Waals surface area contributed by atoms with Crippen molar-refractivity contribution in [1.29, 1.82) is 0 Å². The van der Waals surface area contributed by atoms with Crippen molar-refractivity contribution < 1.29 is 14.6 Å². The molecule has 1 aliphatic rings. The molecule has 1 aromatic rings. The van der Waals surface area contributed by atoms with Crippen LogP contribution < -0.4 is 10.1 Å². The fourth-order valence-corrected chi connectivity index (χ4v) is 2.21. The molecule has 0 spiro atoms. The van der Waals surface area contributed by atoms with Crippen LogP contribution in [0.3, 0.4) is 0 Å². The van der Waals surface area contributed by atoms with Crippen molar-refractivity contribution in [2.75, 3.05) is 13.2 Å². The molecule has 0 saturated carbocycles. The summed E-state index contributed by atoms with van der Waals surface area (Å²) in [4.78, 5) is 10.8. The summed E-state index contributed by atoms with van der Waals surface area (Å²) in [6.07, 6.45) is 3.60. The average molecular weight is 249 g/mol. The van der Waals surface area contributed by atoms with Crippen molar-refractivity contribution in [3.8, 4) is 5.75 Å². The smallest absolute Gasteiger partial charge is 0.307 e. The van der Waals surface area contributed by atoms with E-state index in [1.165, 1.54) is 12.8 Å². The van der Waals surface area contributed by atoms with Crippen LogP contribution in [0.1, 0.15) is 24.8 Å². The number of aliphatic carboxylic acids is 1. The molecule has 1 atom stereocenters. The van der Waals surface area contributed by atoms with Gasteiger partial charge in [-0.1, -0.05) is 24.6 Å². The summed E-state index contributed by atoms with van der Waals surface area (Å²) in [5, 5.41) is 12.2. The van der Waals surface area contributed by atoms with Crippen molar-refractivity contribution in [2.24, 2.45) is 0 Å². The van der Waals surface area contributed by atoms with E-state index in [4.69, 9.17) is 9.84 Å². The van der Waals surface area contributed by atoms with E-state index in [9.17, 15) is 4.79 Å². The summed E-state index contributed by atoms with van der Waals surface area (Å²) in [5.41, 5.74) is 0.737. The highest BCUT2D eigenvalue weighted by Gasteiger charge is 2.14. The van der Waals surface area contributed by atoms with Crippen LogP contribution in [0.15, 0.2) is 24.3 Å². The number of carboxylic acids is 1. The zero-order valence-electron chi connectivity index (χ0n) is 10.4. The molecule has 0 amide bonds. The van der Waals surface area contributed by atoms with Crippen LogP contribution in [0, 0.1) is 0 Å². The Hall–Kier alpha value is -1.55. The van der Waals surface area contributed by atoms with Crippen LogP contribution in [-0.4, -0.2) is 30.3 Å². The Bertz CT molecular complexity index is 400. The van der Waals surface area contributed by atoms with Crippen LogP contribution in [0.2, 0.25) is 0 Å². The summed E-state index contributed by atoms with van der Waals surface area (Å²) in [7, 11) is 0. The molecule has 98 valence electrons. The third kappa shape index (κ3) is 3.74. The highest BCUT2D eigenvalue weighted by molar-refractivity contribution is 5.71. The minimum Gasteiger partial charge on any atom is -0.492 e. The predicted molar refractivity (Wildman–Crippen MR) is 68.9 cm³/mol. The zero-order chi connectivity index (χ0) is 12.8. The molecule has 1 saturated heterocycles. The summed E-state index contributed by atoms with van der Waals surface area (Å²) < 4.78 is 5.75. The maximum absolute atomic E-state index is 10.8.